The number of anilines is 6. The molecule has 0 amide bonds. The second-order valence-electron chi connectivity index (χ2n) is 18.3. The topological polar surface area (TPSA) is 6.48 Å². The van der Waals surface area contributed by atoms with Gasteiger partial charge in [-0.3, -0.25) is 0 Å². The van der Waals surface area contributed by atoms with Crippen LogP contribution in [-0.2, 0) is 16.2 Å². The van der Waals surface area contributed by atoms with Gasteiger partial charge in [0.05, 0.1) is 0 Å². The lowest BCUT2D eigenvalue weighted by atomic mass is 9.68. The predicted octanol–water partition coefficient (Wildman–Crippen LogP) is 15.8. The number of rotatable bonds is 6. The molecule has 1 aliphatic rings. The Labute approximate surface area is 339 Å². The number of hydrogen-bond donors (Lipinski definition) is 0. The van der Waals surface area contributed by atoms with Crippen LogP contribution in [0.1, 0.15) is 77.6 Å². The maximum Gasteiger partial charge on any atom is 0.0468 e. The summed E-state index contributed by atoms with van der Waals surface area (Å²) >= 11 is 0. The van der Waals surface area contributed by atoms with Crippen LogP contribution in [0.15, 0.2) is 170 Å². The Morgan fingerprint density at radius 1 is 0.368 bits per heavy atom. The Morgan fingerprint density at radius 2 is 0.842 bits per heavy atom. The van der Waals surface area contributed by atoms with Crippen molar-refractivity contribution in [3.63, 3.8) is 0 Å². The van der Waals surface area contributed by atoms with Gasteiger partial charge in [-0.25, -0.2) is 0 Å². The van der Waals surface area contributed by atoms with Crippen LogP contribution in [0.2, 0.25) is 0 Å². The fourth-order valence-electron chi connectivity index (χ4n) is 8.91. The van der Waals surface area contributed by atoms with Crippen molar-refractivity contribution in [1.82, 2.24) is 0 Å². The maximum atomic E-state index is 2.44. The van der Waals surface area contributed by atoms with E-state index in [-0.39, 0.29) is 16.2 Å². The van der Waals surface area contributed by atoms with Crippen LogP contribution in [0.3, 0.4) is 0 Å². The molecule has 8 aromatic rings. The van der Waals surface area contributed by atoms with E-state index in [0.717, 1.165) is 34.1 Å². The Kier molecular flexibility index (Phi) is 8.66. The monoisotopic (exact) mass is 740 g/mol. The van der Waals surface area contributed by atoms with Gasteiger partial charge < -0.3 is 9.80 Å². The van der Waals surface area contributed by atoms with E-state index in [1.807, 2.05) is 0 Å². The summed E-state index contributed by atoms with van der Waals surface area (Å²) in [5, 5.41) is 5.16. The lowest BCUT2D eigenvalue weighted by Crippen LogP contribution is -2.24. The zero-order valence-electron chi connectivity index (χ0n) is 34.6. The highest BCUT2D eigenvalue weighted by Gasteiger charge is 2.35. The van der Waals surface area contributed by atoms with Gasteiger partial charge in [-0.2, -0.15) is 0 Å². The average molecular weight is 741 g/mol. The van der Waals surface area contributed by atoms with Gasteiger partial charge in [0, 0.05) is 39.5 Å². The van der Waals surface area contributed by atoms with E-state index in [4.69, 9.17) is 0 Å². The first-order valence-corrected chi connectivity index (χ1v) is 20.4. The first-order chi connectivity index (χ1) is 27.3. The van der Waals surface area contributed by atoms with Crippen LogP contribution in [0.5, 0.6) is 0 Å². The number of para-hydroxylation sites is 2. The van der Waals surface area contributed by atoms with Gasteiger partial charge in [-0.05, 0) is 145 Å². The molecule has 9 rings (SSSR count). The molecule has 57 heavy (non-hydrogen) atoms. The molecule has 0 aromatic heterocycles. The SMILES string of the molecule is CC(C)(C)c1ccc(N(c2ccccc2)c2ccc3c(c2)C(C)(C)c2cccc4c2c-3cc2ccc(N(c3ccccc3)c3ccc(C(C)(C)C)cc3)cc24)cc1. The molecule has 0 heterocycles. The van der Waals surface area contributed by atoms with Crippen molar-refractivity contribution < 1.29 is 0 Å². The van der Waals surface area contributed by atoms with Crippen LogP contribution in [0.4, 0.5) is 34.1 Å². The van der Waals surface area contributed by atoms with Crippen molar-refractivity contribution in [2.75, 3.05) is 9.80 Å². The van der Waals surface area contributed by atoms with E-state index in [9.17, 15) is 0 Å². The molecular formula is C55H52N2. The second kappa shape index (κ2) is 13.5. The molecule has 0 radical (unpaired) electrons. The fraction of sp³-hybridized carbons (Fsp3) is 0.200. The van der Waals surface area contributed by atoms with Crippen molar-refractivity contribution in [3.05, 3.63) is 192 Å². The highest BCUT2D eigenvalue weighted by molar-refractivity contribution is 6.17. The molecule has 0 unspecified atom stereocenters. The summed E-state index contributed by atoms with van der Waals surface area (Å²) in [7, 11) is 0. The molecule has 0 aliphatic heterocycles. The van der Waals surface area contributed by atoms with Gasteiger partial charge in [-0.1, -0.05) is 146 Å². The number of benzene rings is 8. The minimum absolute atomic E-state index is 0.0890. The molecule has 0 saturated heterocycles. The summed E-state index contributed by atoms with van der Waals surface area (Å²) in [5.41, 5.74) is 14.8. The average Bonchev–Trinajstić information content (AvgIpc) is 3.21. The number of nitrogens with zero attached hydrogens (tertiary/aromatic N) is 2. The first kappa shape index (κ1) is 36.5. The summed E-state index contributed by atoms with van der Waals surface area (Å²) in [5.74, 6) is 0. The molecule has 0 saturated carbocycles. The fourth-order valence-corrected chi connectivity index (χ4v) is 8.91. The van der Waals surface area contributed by atoms with Gasteiger partial charge in [-0.15, -0.1) is 0 Å². The third-order valence-corrected chi connectivity index (χ3v) is 12.1. The molecule has 282 valence electrons. The molecule has 1 aliphatic carbocycles. The van der Waals surface area contributed by atoms with Gasteiger partial charge in [0.2, 0.25) is 0 Å². The standard InChI is InChI=1S/C55H52N2/c1-53(2,3)38-23-28-42(29-24-38)56(40-16-11-9-12-17-40)44-27-22-37-34-49-46-33-32-45(36-51(46)55(7,8)50-21-15-20-47(52(49)50)48(37)35-44)57(41-18-13-10-14-19-41)43-30-25-39(26-31-43)54(4,5)6/h9-36H,1-8H3. The first-order valence-electron chi connectivity index (χ1n) is 20.4. The zero-order chi connectivity index (χ0) is 39.7. The van der Waals surface area contributed by atoms with Gasteiger partial charge in [0.15, 0.2) is 0 Å². The smallest absolute Gasteiger partial charge is 0.0468 e. The molecule has 8 aromatic carbocycles. The maximum absolute atomic E-state index is 2.44. The highest BCUT2D eigenvalue weighted by Crippen LogP contribution is 2.52. The summed E-state index contributed by atoms with van der Waals surface area (Å²) in [4.78, 5) is 4.78. The van der Waals surface area contributed by atoms with Crippen molar-refractivity contribution in [3.8, 4) is 11.1 Å². The second-order valence-corrected chi connectivity index (χ2v) is 18.3. The van der Waals surface area contributed by atoms with Crippen molar-refractivity contribution >= 4 is 55.7 Å². The van der Waals surface area contributed by atoms with Crippen molar-refractivity contribution in [2.24, 2.45) is 0 Å². The normalized spacial score (nSPS) is 13.4. The van der Waals surface area contributed by atoms with Crippen molar-refractivity contribution in [2.45, 2.75) is 71.6 Å². The van der Waals surface area contributed by atoms with E-state index in [1.165, 1.54) is 54.9 Å². The van der Waals surface area contributed by atoms with Gasteiger partial charge in [0.25, 0.3) is 0 Å². The number of fused-ring (bicyclic) bond motifs is 4. The Balaban J connectivity index is 1.20. The van der Waals surface area contributed by atoms with Crippen LogP contribution >= 0.6 is 0 Å². The van der Waals surface area contributed by atoms with Crippen LogP contribution in [-0.4, -0.2) is 0 Å². The Bertz CT molecular complexity index is 2750. The van der Waals surface area contributed by atoms with Crippen LogP contribution in [0, 0.1) is 0 Å². The molecule has 0 atom stereocenters. The van der Waals surface area contributed by atoms with Gasteiger partial charge in [0.1, 0.15) is 0 Å². The van der Waals surface area contributed by atoms with Gasteiger partial charge >= 0.3 is 0 Å². The summed E-state index contributed by atoms with van der Waals surface area (Å²) in [6, 6.07) is 63.2. The Morgan fingerprint density at radius 3 is 1.37 bits per heavy atom. The molecule has 0 spiro atoms. The van der Waals surface area contributed by atoms with Crippen LogP contribution < -0.4 is 9.80 Å². The lowest BCUT2D eigenvalue weighted by molar-refractivity contribution is 0.590. The molecule has 2 nitrogen and oxygen atoms in total. The zero-order valence-corrected chi connectivity index (χ0v) is 34.6. The minimum atomic E-state index is -0.230. The minimum Gasteiger partial charge on any atom is -0.310 e. The number of hydrogen-bond acceptors (Lipinski definition) is 2. The molecule has 0 bridgehead atoms. The molecule has 0 fully saturated rings. The quantitative estimate of drug-likeness (QED) is 0.157. The van der Waals surface area contributed by atoms with E-state index >= 15 is 0 Å². The molecule has 2 heteroatoms. The third kappa shape index (κ3) is 6.38. The van der Waals surface area contributed by atoms with Crippen LogP contribution in [0.25, 0.3) is 32.7 Å². The van der Waals surface area contributed by atoms with E-state index in [0.29, 0.717) is 0 Å². The summed E-state index contributed by atoms with van der Waals surface area (Å²) in [6.07, 6.45) is 0. The third-order valence-electron chi connectivity index (χ3n) is 12.1. The predicted molar refractivity (Wildman–Crippen MR) is 246 cm³/mol. The Hall–Kier alpha value is -6.12. The van der Waals surface area contributed by atoms with E-state index in [1.54, 1.807) is 0 Å². The molecule has 0 N–H and O–H groups in total. The summed E-state index contributed by atoms with van der Waals surface area (Å²) < 4.78 is 0. The summed E-state index contributed by atoms with van der Waals surface area (Å²) in [6.45, 7) is 18.4. The largest absolute Gasteiger partial charge is 0.310 e. The molecular weight excluding hydrogens is 689 g/mol. The van der Waals surface area contributed by atoms with E-state index in [2.05, 4.69) is 235 Å². The van der Waals surface area contributed by atoms with E-state index < -0.39 is 0 Å². The lowest BCUT2D eigenvalue weighted by Gasteiger charge is -2.37. The van der Waals surface area contributed by atoms with Crippen molar-refractivity contribution in [1.29, 1.82) is 0 Å². The highest BCUT2D eigenvalue weighted by atomic mass is 15.1.